The number of benzene rings is 1. The maximum atomic E-state index is 13.6. The second-order valence-electron chi connectivity index (χ2n) is 3.54. The number of hydrogen-bond acceptors (Lipinski definition) is 4. The lowest BCUT2D eigenvalue weighted by atomic mass is 10.3. The second kappa shape index (κ2) is 5.46. The summed E-state index contributed by atoms with van der Waals surface area (Å²) in [6.45, 7) is 1.40. The maximum absolute atomic E-state index is 13.6. The zero-order valence-corrected chi connectivity index (χ0v) is 12.0. The largest absolute Gasteiger partial charge is 0.261 e. The molecule has 0 saturated carbocycles. The van der Waals surface area contributed by atoms with Crippen LogP contribution < -0.4 is 4.72 Å². The number of hydrogen-bond donors (Lipinski definition) is 1. The Morgan fingerprint density at radius 3 is 2.37 bits per heavy atom. The van der Waals surface area contributed by atoms with Crippen LogP contribution >= 0.6 is 10.7 Å². The Bertz CT molecular complexity index is 737. The summed E-state index contributed by atoms with van der Waals surface area (Å²) in [6.07, 6.45) is 5.01. The molecule has 0 aliphatic heterocycles. The standard InChI is InChI=1S/C10H9ClFNO4S2/c1-3-7(2)13-19(16,17)10-5-4-8(6-9(10)12)18(11,14)15/h1,4-7,13H,2H3. The van der Waals surface area contributed by atoms with Crippen molar-refractivity contribution in [1.82, 2.24) is 4.72 Å². The van der Waals surface area contributed by atoms with Crippen LogP contribution in [0.5, 0.6) is 0 Å². The highest BCUT2D eigenvalue weighted by Crippen LogP contribution is 2.21. The third-order valence-electron chi connectivity index (χ3n) is 2.06. The normalized spacial score (nSPS) is 13.8. The molecule has 1 aromatic rings. The molecule has 0 spiro atoms. The molecule has 0 aliphatic rings. The van der Waals surface area contributed by atoms with Crippen LogP contribution in [0.25, 0.3) is 0 Å². The molecule has 1 rings (SSSR count). The highest BCUT2D eigenvalue weighted by molar-refractivity contribution is 8.13. The van der Waals surface area contributed by atoms with Crippen molar-refractivity contribution < 1.29 is 21.2 Å². The average Bonchev–Trinajstić information content (AvgIpc) is 2.26. The van der Waals surface area contributed by atoms with Crippen molar-refractivity contribution in [2.24, 2.45) is 0 Å². The molecule has 0 bridgehead atoms. The van der Waals surface area contributed by atoms with Gasteiger partial charge in [-0.3, -0.25) is 0 Å². The lowest BCUT2D eigenvalue weighted by Gasteiger charge is -2.10. The minimum Gasteiger partial charge on any atom is -0.207 e. The number of nitrogens with one attached hydrogen (secondary N) is 1. The van der Waals surface area contributed by atoms with E-state index in [1.54, 1.807) is 0 Å². The van der Waals surface area contributed by atoms with Crippen LogP contribution in [-0.2, 0) is 19.1 Å². The summed E-state index contributed by atoms with van der Waals surface area (Å²) in [4.78, 5) is -1.24. The molecule has 104 valence electrons. The number of halogens is 2. The fourth-order valence-corrected chi connectivity index (χ4v) is 3.17. The summed E-state index contributed by atoms with van der Waals surface area (Å²) >= 11 is 0. The second-order valence-corrected chi connectivity index (χ2v) is 7.79. The van der Waals surface area contributed by atoms with E-state index in [1.807, 2.05) is 4.72 Å². The Balaban J connectivity index is 3.29. The molecule has 0 saturated heterocycles. The van der Waals surface area contributed by atoms with Crippen molar-refractivity contribution in [3.8, 4) is 12.3 Å². The predicted octanol–water partition coefficient (Wildman–Crippen LogP) is 1.05. The van der Waals surface area contributed by atoms with E-state index in [-0.39, 0.29) is 0 Å². The monoisotopic (exact) mass is 325 g/mol. The van der Waals surface area contributed by atoms with Gasteiger partial charge >= 0.3 is 0 Å². The SMILES string of the molecule is C#CC(C)NS(=O)(=O)c1ccc(S(=O)(=O)Cl)cc1F. The Morgan fingerprint density at radius 1 is 1.37 bits per heavy atom. The highest BCUT2D eigenvalue weighted by atomic mass is 35.7. The summed E-state index contributed by atoms with van der Waals surface area (Å²) in [7, 11) is -3.28. The van der Waals surface area contributed by atoms with Crippen LogP contribution in [0.4, 0.5) is 4.39 Å². The Labute approximate surface area is 115 Å². The first-order valence-electron chi connectivity index (χ1n) is 4.80. The number of rotatable bonds is 4. The zero-order valence-electron chi connectivity index (χ0n) is 9.59. The first-order valence-corrected chi connectivity index (χ1v) is 8.60. The van der Waals surface area contributed by atoms with E-state index < -0.39 is 40.7 Å². The first-order chi connectivity index (χ1) is 8.58. The van der Waals surface area contributed by atoms with E-state index in [4.69, 9.17) is 17.1 Å². The van der Waals surface area contributed by atoms with Crippen molar-refractivity contribution >= 4 is 29.8 Å². The van der Waals surface area contributed by atoms with E-state index in [9.17, 15) is 21.2 Å². The lowest BCUT2D eigenvalue weighted by molar-refractivity contribution is 0.551. The van der Waals surface area contributed by atoms with Gasteiger partial charge in [0, 0.05) is 10.7 Å². The highest BCUT2D eigenvalue weighted by Gasteiger charge is 2.22. The Hall–Kier alpha value is -1.14. The number of terminal acetylenes is 1. The molecule has 0 heterocycles. The third-order valence-corrected chi connectivity index (χ3v) is 4.98. The molecule has 0 aliphatic carbocycles. The molecule has 1 aromatic carbocycles. The summed E-state index contributed by atoms with van der Waals surface area (Å²) in [5, 5.41) is 0. The van der Waals surface area contributed by atoms with Gasteiger partial charge in [0.2, 0.25) is 10.0 Å². The minimum absolute atomic E-state index is 0.525. The summed E-state index contributed by atoms with van der Waals surface area (Å²) in [5.41, 5.74) is 0. The van der Waals surface area contributed by atoms with E-state index >= 15 is 0 Å². The smallest absolute Gasteiger partial charge is 0.207 e. The van der Waals surface area contributed by atoms with Gasteiger partial charge in [-0.15, -0.1) is 6.42 Å². The van der Waals surface area contributed by atoms with Gasteiger partial charge in [-0.2, -0.15) is 4.72 Å². The van der Waals surface area contributed by atoms with Crippen LogP contribution in [0.3, 0.4) is 0 Å². The van der Waals surface area contributed by atoms with Crippen molar-refractivity contribution in [3.05, 3.63) is 24.0 Å². The first kappa shape index (κ1) is 15.9. The summed E-state index contributed by atoms with van der Waals surface area (Å²) in [6, 6.07) is 1.38. The van der Waals surface area contributed by atoms with Crippen LogP contribution in [-0.4, -0.2) is 22.9 Å². The number of sulfonamides is 1. The molecule has 1 N–H and O–H groups in total. The molecule has 19 heavy (non-hydrogen) atoms. The molecular formula is C10H9ClFNO4S2. The van der Waals surface area contributed by atoms with Gasteiger partial charge in [-0.25, -0.2) is 21.2 Å². The molecule has 1 unspecified atom stereocenters. The minimum atomic E-state index is -4.17. The van der Waals surface area contributed by atoms with E-state index in [1.165, 1.54) is 6.92 Å². The van der Waals surface area contributed by atoms with Crippen LogP contribution in [0, 0.1) is 18.2 Å². The lowest BCUT2D eigenvalue weighted by Crippen LogP contribution is -2.32. The fourth-order valence-electron chi connectivity index (χ4n) is 1.18. The van der Waals surface area contributed by atoms with E-state index in [2.05, 4.69) is 5.92 Å². The molecule has 9 heteroatoms. The van der Waals surface area contributed by atoms with E-state index in [0.29, 0.717) is 6.07 Å². The fraction of sp³-hybridized carbons (Fsp3) is 0.200. The van der Waals surface area contributed by atoms with Crippen molar-refractivity contribution in [2.45, 2.75) is 22.8 Å². The molecule has 5 nitrogen and oxygen atoms in total. The van der Waals surface area contributed by atoms with E-state index in [0.717, 1.165) is 12.1 Å². The maximum Gasteiger partial charge on any atom is 0.261 e. The molecule has 1 atom stereocenters. The van der Waals surface area contributed by atoms with Crippen LogP contribution in [0.2, 0.25) is 0 Å². The van der Waals surface area contributed by atoms with Gasteiger partial charge in [-0.1, -0.05) is 5.92 Å². The van der Waals surface area contributed by atoms with Crippen molar-refractivity contribution in [1.29, 1.82) is 0 Å². The zero-order chi connectivity index (χ0) is 14.8. The predicted molar refractivity (Wildman–Crippen MR) is 68.1 cm³/mol. The summed E-state index contributed by atoms with van der Waals surface area (Å²) < 4.78 is 61.1. The van der Waals surface area contributed by atoms with Gasteiger partial charge in [0.1, 0.15) is 10.7 Å². The van der Waals surface area contributed by atoms with Crippen LogP contribution in [0.15, 0.2) is 28.0 Å². The quantitative estimate of drug-likeness (QED) is 0.663. The summed E-state index contributed by atoms with van der Waals surface area (Å²) in [5.74, 6) is 0.879. The molecule has 0 aromatic heterocycles. The molecule has 0 fully saturated rings. The topological polar surface area (TPSA) is 80.3 Å². The molecule has 0 amide bonds. The van der Waals surface area contributed by atoms with Gasteiger partial charge < -0.3 is 0 Å². The van der Waals surface area contributed by atoms with Crippen molar-refractivity contribution in [3.63, 3.8) is 0 Å². The van der Waals surface area contributed by atoms with Gasteiger partial charge in [0.05, 0.1) is 10.9 Å². The third kappa shape index (κ3) is 3.91. The van der Waals surface area contributed by atoms with Crippen molar-refractivity contribution in [2.75, 3.05) is 0 Å². The van der Waals surface area contributed by atoms with Crippen LogP contribution in [0.1, 0.15) is 6.92 Å². The van der Waals surface area contributed by atoms with Gasteiger partial charge in [0.15, 0.2) is 0 Å². The average molecular weight is 326 g/mol. The molecular weight excluding hydrogens is 317 g/mol. The van der Waals surface area contributed by atoms with Gasteiger partial charge in [0.25, 0.3) is 9.05 Å². The molecule has 0 radical (unpaired) electrons. The van der Waals surface area contributed by atoms with Gasteiger partial charge in [-0.05, 0) is 25.1 Å². The Kier molecular flexibility index (Phi) is 4.58. The Morgan fingerprint density at radius 2 is 1.95 bits per heavy atom.